The minimum Gasteiger partial charge on any atom is -0.375 e. The number of aromatic nitrogens is 2. The number of alkyl halides is 3. The van der Waals surface area contributed by atoms with E-state index in [1.807, 2.05) is 37.4 Å². The molecular weight excluding hydrogens is 365 g/mol. The Balaban J connectivity index is 1.68. The number of halogens is 3. The van der Waals surface area contributed by atoms with Gasteiger partial charge in [-0.2, -0.15) is 13.2 Å². The van der Waals surface area contributed by atoms with Crippen molar-refractivity contribution in [2.45, 2.75) is 17.8 Å². The number of thioether (sulfide) groups is 1. The lowest BCUT2D eigenvalue weighted by molar-refractivity contribution is -0.141. The van der Waals surface area contributed by atoms with Crippen molar-refractivity contribution < 1.29 is 18.0 Å². The van der Waals surface area contributed by atoms with Gasteiger partial charge in [-0.05, 0) is 24.6 Å². The van der Waals surface area contributed by atoms with E-state index in [0.29, 0.717) is 6.54 Å². The van der Waals surface area contributed by atoms with E-state index in [4.69, 9.17) is 0 Å². The smallest absolute Gasteiger partial charge is 0.375 e. The minimum absolute atomic E-state index is 0.0319. The van der Waals surface area contributed by atoms with Gasteiger partial charge < -0.3 is 10.2 Å². The number of hydrogen-bond acceptors (Lipinski definition) is 5. The van der Waals surface area contributed by atoms with Crippen molar-refractivity contribution in [1.29, 1.82) is 0 Å². The molecule has 1 aromatic heterocycles. The fourth-order valence-corrected chi connectivity index (χ4v) is 2.77. The maximum Gasteiger partial charge on any atom is 0.433 e. The number of para-hydroxylation sites is 1. The van der Waals surface area contributed by atoms with Gasteiger partial charge in [0.1, 0.15) is 5.69 Å². The average molecular weight is 384 g/mol. The SMILES string of the molecule is CN(CCCNC(=O)CSc1nccc(C(F)(F)F)n1)c1ccccc1. The lowest BCUT2D eigenvalue weighted by Crippen LogP contribution is -2.29. The van der Waals surface area contributed by atoms with E-state index in [9.17, 15) is 18.0 Å². The zero-order chi connectivity index (χ0) is 19.0. The van der Waals surface area contributed by atoms with Gasteiger partial charge in [-0.1, -0.05) is 30.0 Å². The quantitative estimate of drug-likeness (QED) is 0.430. The predicted molar refractivity (Wildman–Crippen MR) is 95.1 cm³/mol. The lowest BCUT2D eigenvalue weighted by Gasteiger charge is -2.19. The van der Waals surface area contributed by atoms with Crippen LogP contribution in [0.2, 0.25) is 0 Å². The Morgan fingerprint density at radius 2 is 1.96 bits per heavy atom. The average Bonchev–Trinajstić information content (AvgIpc) is 2.63. The topological polar surface area (TPSA) is 58.1 Å². The highest BCUT2D eigenvalue weighted by Crippen LogP contribution is 2.28. The standard InChI is InChI=1S/C17H19F3N4OS/c1-24(13-6-3-2-4-7-13)11-5-9-21-15(25)12-26-16-22-10-8-14(23-16)17(18,19)20/h2-4,6-8,10H,5,9,11-12H2,1H3,(H,21,25). The molecule has 5 nitrogen and oxygen atoms in total. The highest BCUT2D eigenvalue weighted by Gasteiger charge is 2.32. The van der Waals surface area contributed by atoms with E-state index in [-0.39, 0.29) is 16.8 Å². The zero-order valence-electron chi connectivity index (χ0n) is 14.2. The summed E-state index contributed by atoms with van der Waals surface area (Å²) in [6.07, 6.45) is -2.73. The van der Waals surface area contributed by atoms with Gasteiger partial charge in [-0.15, -0.1) is 0 Å². The summed E-state index contributed by atoms with van der Waals surface area (Å²) in [5.41, 5.74) is 0.0791. The third-order valence-electron chi connectivity index (χ3n) is 3.45. The number of benzene rings is 1. The molecule has 2 rings (SSSR count). The molecule has 1 amide bonds. The highest BCUT2D eigenvalue weighted by molar-refractivity contribution is 7.99. The first-order chi connectivity index (χ1) is 12.4. The van der Waals surface area contributed by atoms with Gasteiger partial charge in [0.25, 0.3) is 0 Å². The molecule has 0 bridgehead atoms. The molecular formula is C17H19F3N4OS. The number of amides is 1. The van der Waals surface area contributed by atoms with Crippen molar-refractivity contribution in [2.75, 3.05) is 30.8 Å². The van der Waals surface area contributed by atoms with Crippen LogP contribution in [0.3, 0.4) is 0 Å². The molecule has 2 aromatic rings. The number of nitrogens with zero attached hydrogens (tertiary/aromatic N) is 3. The van der Waals surface area contributed by atoms with Crippen LogP contribution in [0.1, 0.15) is 12.1 Å². The molecule has 0 aliphatic carbocycles. The van der Waals surface area contributed by atoms with E-state index < -0.39 is 11.9 Å². The maximum atomic E-state index is 12.6. The van der Waals surface area contributed by atoms with E-state index in [0.717, 1.165) is 42.7 Å². The normalized spacial score (nSPS) is 11.2. The van der Waals surface area contributed by atoms with Crippen molar-refractivity contribution in [1.82, 2.24) is 15.3 Å². The Morgan fingerprint density at radius 3 is 2.65 bits per heavy atom. The third-order valence-corrected chi connectivity index (χ3v) is 4.31. The second kappa shape index (κ2) is 9.42. The molecule has 0 atom stereocenters. The van der Waals surface area contributed by atoms with E-state index in [1.54, 1.807) is 0 Å². The number of anilines is 1. The number of rotatable bonds is 8. The van der Waals surface area contributed by atoms with Gasteiger partial charge in [0, 0.05) is 32.0 Å². The zero-order valence-corrected chi connectivity index (χ0v) is 15.0. The second-order valence-electron chi connectivity index (χ2n) is 5.47. The first-order valence-electron chi connectivity index (χ1n) is 7.92. The Morgan fingerprint density at radius 1 is 1.23 bits per heavy atom. The first-order valence-corrected chi connectivity index (χ1v) is 8.91. The summed E-state index contributed by atoms with van der Waals surface area (Å²) in [6, 6.07) is 10.7. The molecule has 0 saturated carbocycles. The molecule has 1 aromatic carbocycles. The lowest BCUT2D eigenvalue weighted by atomic mass is 10.3. The summed E-state index contributed by atoms with van der Waals surface area (Å²) in [5, 5.41) is 2.67. The molecule has 0 fully saturated rings. The Bertz CT molecular complexity index is 713. The van der Waals surface area contributed by atoms with Gasteiger partial charge in [0.15, 0.2) is 5.16 Å². The van der Waals surface area contributed by atoms with Crippen molar-refractivity contribution in [2.24, 2.45) is 0 Å². The Kier molecular flexibility index (Phi) is 7.26. The monoisotopic (exact) mass is 384 g/mol. The van der Waals surface area contributed by atoms with Crippen molar-refractivity contribution in [3.8, 4) is 0 Å². The summed E-state index contributed by atoms with van der Waals surface area (Å²) >= 11 is 0.875. The summed E-state index contributed by atoms with van der Waals surface area (Å²) in [5.74, 6) is -0.297. The highest BCUT2D eigenvalue weighted by atomic mass is 32.2. The minimum atomic E-state index is -4.52. The van der Waals surface area contributed by atoms with Gasteiger partial charge in [0.2, 0.25) is 5.91 Å². The van der Waals surface area contributed by atoms with Crippen LogP contribution in [0, 0.1) is 0 Å². The van der Waals surface area contributed by atoms with Crippen molar-refractivity contribution >= 4 is 23.4 Å². The largest absolute Gasteiger partial charge is 0.433 e. The first kappa shape index (κ1) is 20.0. The van der Waals surface area contributed by atoms with Crippen LogP contribution in [0.25, 0.3) is 0 Å². The predicted octanol–water partition coefficient (Wildman–Crippen LogP) is 3.23. The molecule has 1 heterocycles. The maximum absolute atomic E-state index is 12.6. The van der Waals surface area contributed by atoms with Crippen LogP contribution < -0.4 is 10.2 Å². The molecule has 9 heteroatoms. The second-order valence-corrected chi connectivity index (χ2v) is 6.41. The molecule has 0 saturated heterocycles. The van der Waals surface area contributed by atoms with Crippen LogP contribution >= 0.6 is 11.8 Å². The van der Waals surface area contributed by atoms with Crippen LogP contribution in [0.5, 0.6) is 0 Å². The van der Waals surface area contributed by atoms with Crippen LogP contribution in [-0.4, -0.2) is 41.8 Å². The fraction of sp³-hybridized carbons (Fsp3) is 0.353. The number of hydrogen-bond donors (Lipinski definition) is 1. The molecule has 0 unspecified atom stereocenters. The fourth-order valence-electron chi connectivity index (χ4n) is 2.10. The van der Waals surface area contributed by atoms with E-state index in [1.165, 1.54) is 0 Å². The summed E-state index contributed by atoms with van der Waals surface area (Å²) in [7, 11) is 1.97. The Hall–Kier alpha value is -2.29. The molecule has 1 N–H and O–H groups in total. The third kappa shape index (κ3) is 6.55. The molecule has 26 heavy (non-hydrogen) atoms. The molecule has 140 valence electrons. The summed E-state index contributed by atoms with van der Waals surface area (Å²) < 4.78 is 37.7. The number of carbonyl (C=O) groups is 1. The van der Waals surface area contributed by atoms with E-state index in [2.05, 4.69) is 20.2 Å². The summed E-state index contributed by atoms with van der Waals surface area (Å²) in [4.78, 5) is 21.0. The van der Waals surface area contributed by atoms with Gasteiger partial charge >= 0.3 is 6.18 Å². The number of carbonyl (C=O) groups excluding carboxylic acids is 1. The molecule has 0 radical (unpaired) electrons. The molecule has 0 aliphatic heterocycles. The van der Waals surface area contributed by atoms with E-state index >= 15 is 0 Å². The van der Waals surface area contributed by atoms with Crippen LogP contribution in [0.4, 0.5) is 18.9 Å². The molecule has 0 spiro atoms. The molecule has 0 aliphatic rings. The van der Waals surface area contributed by atoms with Gasteiger partial charge in [-0.25, -0.2) is 9.97 Å². The van der Waals surface area contributed by atoms with Crippen molar-refractivity contribution in [3.05, 3.63) is 48.3 Å². The number of nitrogens with one attached hydrogen (secondary N) is 1. The van der Waals surface area contributed by atoms with Gasteiger partial charge in [-0.3, -0.25) is 4.79 Å². The van der Waals surface area contributed by atoms with Gasteiger partial charge in [0.05, 0.1) is 5.75 Å². The Labute approximate surface area is 154 Å². The van der Waals surface area contributed by atoms with Crippen LogP contribution in [0.15, 0.2) is 47.8 Å². The summed E-state index contributed by atoms with van der Waals surface area (Å²) in [6.45, 7) is 1.26. The van der Waals surface area contributed by atoms with Crippen LogP contribution in [-0.2, 0) is 11.0 Å². The van der Waals surface area contributed by atoms with Crippen molar-refractivity contribution in [3.63, 3.8) is 0 Å².